The van der Waals surface area contributed by atoms with E-state index in [-0.39, 0.29) is 40.1 Å². The number of allylic oxidation sites excluding steroid dienone is 2. The summed E-state index contributed by atoms with van der Waals surface area (Å²) in [5, 5.41) is 0.356. The SMILES string of the molecule is C=S1(=O)NC(=O)c2ccc3c(c2)N(C[C@@H]2CC[C@H]2C(=O)/C=C/[C@@H](C)[C@H](C)[C@H]1C)C[C@@]1(CCCc2cc(Cl)ccc21)CO3. The number of halogens is 1. The van der Waals surface area contributed by atoms with Crippen LogP contribution in [0, 0.1) is 23.7 Å². The molecule has 224 valence electrons. The van der Waals surface area contributed by atoms with Crippen LogP contribution in [-0.2, 0) is 26.3 Å². The highest BCUT2D eigenvalue weighted by Gasteiger charge is 2.44. The Hall–Kier alpha value is -2.77. The largest absolute Gasteiger partial charge is 0.490 e. The molecule has 6 nitrogen and oxygen atoms in total. The van der Waals surface area contributed by atoms with Crippen LogP contribution in [0.3, 0.4) is 0 Å². The summed E-state index contributed by atoms with van der Waals surface area (Å²) in [7, 11) is -2.97. The van der Waals surface area contributed by atoms with Gasteiger partial charge in [0.15, 0.2) is 5.78 Å². The number of fused-ring (bicyclic) bond motifs is 4. The van der Waals surface area contributed by atoms with Crippen LogP contribution in [0.4, 0.5) is 5.69 Å². The Morgan fingerprint density at radius 3 is 2.69 bits per heavy atom. The number of carbonyl (C=O) groups excluding carboxylic acids is 2. The third kappa shape index (κ3) is 5.28. The van der Waals surface area contributed by atoms with Crippen molar-refractivity contribution >= 4 is 44.6 Å². The molecular weight excluding hydrogens is 568 g/mol. The molecule has 1 fully saturated rings. The minimum atomic E-state index is -2.97. The van der Waals surface area contributed by atoms with Crippen LogP contribution >= 0.6 is 11.6 Å². The summed E-state index contributed by atoms with van der Waals surface area (Å²) in [6.07, 6.45) is 8.56. The van der Waals surface area contributed by atoms with Crippen LogP contribution in [0.25, 0.3) is 0 Å². The molecular formula is C34H41ClN2O4S. The molecule has 7 atom stereocenters. The van der Waals surface area contributed by atoms with E-state index in [0.29, 0.717) is 25.3 Å². The molecule has 1 amide bonds. The van der Waals surface area contributed by atoms with Crippen molar-refractivity contribution in [3.63, 3.8) is 0 Å². The monoisotopic (exact) mass is 608 g/mol. The van der Waals surface area contributed by atoms with Crippen molar-refractivity contribution in [2.24, 2.45) is 23.7 Å². The van der Waals surface area contributed by atoms with E-state index in [2.05, 4.69) is 27.6 Å². The van der Waals surface area contributed by atoms with E-state index in [1.165, 1.54) is 11.1 Å². The predicted molar refractivity (Wildman–Crippen MR) is 171 cm³/mol. The normalized spacial score (nSPS) is 35.6. The van der Waals surface area contributed by atoms with Gasteiger partial charge in [-0.25, -0.2) is 4.21 Å². The van der Waals surface area contributed by atoms with Gasteiger partial charge in [0.25, 0.3) is 5.91 Å². The van der Waals surface area contributed by atoms with Gasteiger partial charge in [0.1, 0.15) is 5.75 Å². The van der Waals surface area contributed by atoms with Gasteiger partial charge in [-0.15, -0.1) is 0 Å². The number of benzene rings is 2. The van der Waals surface area contributed by atoms with Gasteiger partial charge < -0.3 is 9.64 Å². The standard InChI is InChI=1S/C34H41ClN2O4S/c1-21-7-13-31(38)28-11-8-26(28)18-37-19-34(15-5-6-24-16-27(35)10-12-29(24)34)20-41-32-14-9-25(17-30(32)37)33(39)36-42(4,40)23(3)22(21)2/h7,9-10,12-14,16-17,21-23,26,28H,4-6,8,11,15,18-20H2,1-3H3,(H,36,39,40)/b13-7+/t21-,22+,23-,26+,28-,34+,42?/m1/s1. The molecule has 4 aliphatic rings. The molecule has 8 heteroatoms. The molecule has 2 aliphatic heterocycles. The highest BCUT2D eigenvalue weighted by atomic mass is 35.5. The van der Waals surface area contributed by atoms with Crippen molar-refractivity contribution in [3.8, 4) is 5.75 Å². The number of rotatable bonds is 0. The van der Waals surface area contributed by atoms with Crippen LogP contribution in [0.15, 0.2) is 48.6 Å². The van der Waals surface area contributed by atoms with Crippen molar-refractivity contribution in [1.29, 1.82) is 0 Å². The highest BCUT2D eigenvalue weighted by molar-refractivity contribution is 7.99. The second kappa shape index (κ2) is 11.1. The lowest BCUT2D eigenvalue weighted by Crippen LogP contribution is -2.49. The summed E-state index contributed by atoms with van der Waals surface area (Å²) in [4.78, 5) is 29.3. The zero-order valence-corrected chi connectivity index (χ0v) is 26.3. The van der Waals surface area contributed by atoms with E-state index in [1.54, 1.807) is 12.1 Å². The second-order valence-electron chi connectivity index (χ2n) is 13.1. The first-order valence-corrected chi connectivity index (χ1v) is 17.4. The van der Waals surface area contributed by atoms with E-state index in [9.17, 15) is 13.8 Å². The first-order valence-electron chi connectivity index (χ1n) is 15.2. The molecule has 0 radical (unpaired) electrons. The molecule has 1 saturated carbocycles. The molecule has 1 spiro atoms. The number of aryl methyl sites for hydroxylation is 1. The van der Waals surface area contributed by atoms with Crippen molar-refractivity contribution in [2.75, 3.05) is 24.6 Å². The van der Waals surface area contributed by atoms with Gasteiger partial charge in [0, 0.05) is 40.3 Å². The maximum Gasteiger partial charge on any atom is 0.262 e. The summed E-state index contributed by atoms with van der Waals surface area (Å²) < 4.78 is 23.0. The van der Waals surface area contributed by atoms with E-state index >= 15 is 0 Å². The van der Waals surface area contributed by atoms with Crippen molar-refractivity contribution in [1.82, 2.24) is 4.72 Å². The quantitative estimate of drug-likeness (QED) is 0.371. The van der Waals surface area contributed by atoms with Crippen molar-refractivity contribution in [3.05, 3.63) is 70.3 Å². The minimum Gasteiger partial charge on any atom is -0.490 e. The van der Waals surface area contributed by atoms with Gasteiger partial charge >= 0.3 is 0 Å². The third-order valence-corrected chi connectivity index (χ3v) is 12.9. The number of amides is 1. The molecule has 0 aromatic heterocycles. The molecule has 42 heavy (non-hydrogen) atoms. The molecule has 2 aliphatic carbocycles. The molecule has 1 N–H and O–H groups in total. The molecule has 1 unspecified atom stereocenters. The third-order valence-electron chi connectivity index (χ3n) is 10.5. The van der Waals surface area contributed by atoms with Gasteiger partial charge in [0.2, 0.25) is 0 Å². The smallest absolute Gasteiger partial charge is 0.262 e. The maximum absolute atomic E-state index is 13.7. The number of hydrogen-bond acceptors (Lipinski definition) is 5. The number of anilines is 1. The number of ether oxygens (including phenoxy) is 1. The molecule has 0 saturated heterocycles. The zero-order chi connectivity index (χ0) is 29.8. The molecule has 2 heterocycles. The molecule has 2 bridgehead atoms. The van der Waals surface area contributed by atoms with Gasteiger partial charge in [-0.3, -0.25) is 14.3 Å². The minimum absolute atomic E-state index is 0.00299. The van der Waals surface area contributed by atoms with Crippen molar-refractivity contribution in [2.45, 2.75) is 63.5 Å². The first kappa shape index (κ1) is 29.3. The van der Waals surface area contributed by atoms with Gasteiger partial charge in [-0.05, 0) is 110 Å². The van der Waals surface area contributed by atoms with Crippen LogP contribution < -0.4 is 14.4 Å². The van der Waals surface area contributed by atoms with Crippen LogP contribution in [0.5, 0.6) is 5.75 Å². The lowest BCUT2D eigenvalue weighted by atomic mass is 9.68. The van der Waals surface area contributed by atoms with E-state index in [1.807, 2.05) is 45.0 Å². The van der Waals surface area contributed by atoms with Crippen LogP contribution in [0.2, 0.25) is 5.02 Å². The molecule has 6 rings (SSSR count). The highest BCUT2D eigenvalue weighted by Crippen LogP contribution is 2.46. The van der Waals surface area contributed by atoms with E-state index < -0.39 is 15.6 Å². The number of nitrogens with one attached hydrogen (secondary N) is 1. The Bertz CT molecular complexity index is 1550. The summed E-state index contributed by atoms with van der Waals surface area (Å²) >= 11 is 6.40. The predicted octanol–water partition coefficient (Wildman–Crippen LogP) is 6.00. The Morgan fingerprint density at radius 1 is 1.12 bits per heavy atom. The molecule has 2 aromatic carbocycles. The fourth-order valence-electron chi connectivity index (χ4n) is 7.33. The second-order valence-corrected chi connectivity index (χ2v) is 15.9. The number of carbonyl (C=O) groups is 2. The summed E-state index contributed by atoms with van der Waals surface area (Å²) in [5.41, 5.74) is 3.56. The first-order chi connectivity index (χ1) is 20.0. The maximum atomic E-state index is 13.7. The van der Waals surface area contributed by atoms with Gasteiger partial charge in [0.05, 0.1) is 22.0 Å². The van der Waals surface area contributed by atoms with Crippen molar-refractivity contribution < 1.29 is 18.5 Å². The Labute approximate surface area is 255 Å². The average molecular weight is 609 g/mol. The fourth-order valence-corrected chi connectivity index (χ4v) is 9.08. The van der Waals surface area contributed by atoms with Gasteiger partial charge in [-0.1, -0.05) is 37.6 Å². The van der Waals surface area contributed by atoms with Crippen LogP contribution in [0.1, 0.15) is 67.9 Å². The Kier molecular flexibility index (Phi) is 7.72. The Balaban J connectivity index is 1.43. The van der Waals surface area contributed by atoms with E-state index in [4.69, 9.17) is 16.3 Å². The lowest BCUT2D eigenvalue weighted by Gasteiger charge is -2.44. The fraction of sp³-hybridized carbons (Fsp3) is 0.500. The summed E-state index contributed by atoms with van der Waals surface area (Å²) in [6.45, 7) is 7.82. The van der Waals surface area contributed by atoms with Crippen LogP contribution in [-0.4, -0.2) is 46.7 Å². The topological polar surface area (TPSA) is 75.7 Å². The zero-order valence-electron chi connectivity index (χ0n) is 24.7. The summed E-state index contributed by atoms with van der Waals surface area (Å²) in [5.74, 6) is 4.58. The lowest BCUT2D eigenvalue weighted by molar-refractivity contribution is -0.122. The molecule has 2 aromatic rings. The number of hydrogen-bond donors (Lipinski definition) is 1. The summed E-state index contributed by atoms with van der Waals surface area (Å²) in [6, 6.07) is 11.7. The Morgan fingerprint density at radius 2 is 1.93 bits per heavy atom. The van der Waals surface area contributed by atoms with E-state index in [0.717, 1.165) is 48.6 Å². The number of ketones is 1. The average Bonchev–Trinajstić information content (AvgIpc) is 3.09. The number of nitrogens with zero attached hydrogens (tertiary/aromatic N) is 1. The van der Waals surface area contributed by atoms with Gasteiger partial charge in [-0.2, -0.15) is 0 Å².